The lowest BCUT2D eigenvalue weighted by atomic mass is 10.1. The average molecular weight is 392 g/mol. The van der Waals surface area contributed by atoms with Gasteiger partial charge in [-0.25, -0.2) is 8.78 Å². The zero-order valence-corrected chi connectivity index (χ0v) is 12.3. The molecule has 0 saturated carbocycles. The Hall–Kier alpha value is -0.480. The van der Waals surface area contributed by atoms with Crippen molar-refractivity contribution in [3.63, 3.8) is 0 Å². The van der Waals surface area contributed by atoms with Crippen LogP contribution in [0.5, 0.6) is 5.75 Å². The van der Waals surface area contributed by atoms with E-state index in [-0.39, 0.29) is 5.75 Å². The number of hydrogen-bond acceptors (Lipinski definition) is 3. The zero-order chi connectivity index (χ0) is 14.0. The summed E-state index contributed by atoms with van der Waals surface area (Å²) < 4.78 is 61.8. The molecule has 0 aromatic heterocycles. The molecule has 0 bridgehead atoms. The normalized spacial score (nSPS) is 15.4. The van der Waals surface area contributed by atoms with Gasteiger partial charge in [0.15, 0.2) is 5.60 Å². The van der Waals surface area contributed by atoms with Gasteiger partial charge >= 0.3 is 0 Å². The quantitative estimate of drug-likeness (QED) is 0.618. The van der Waals surface area contributed by atoms with E-state index in [0.29, 0.717) is 0 Å². The molecule has 1 unspecified atom stereocenters. The molecule has 0 radical (unpaired) electrons. The highest BCUT2D eigenvalue weighted by atomic mass is 127. The molecular formula is C10H11F2IO4S. The number of hydrogen-bond donors (Lipinski definition) is 1. The van der Waals surface area contributed by atoms with Gasteiger partial charge in [-0.3, -0.25) is 4.55 Å². The Kier molecular flexibility index (Phi) is 4.90. The lowest BCUT2D eigenvalue weighted by Gasteiger charge is -2.28. The molecule has 0 saturated heterocycles. The monoisotopic (exact) mass is 392 g/mol. The fourth-order valence-corrected chi connectivity index (χ4v) is 2.54. The van der Waals surface area contributed by atoms with Crippen LogP contribution in [0.3, 0.4) is 0 Å². The highest BCUT2D eigenvalue weighted by molar-refractivity contribution is 14.1. The molecule has 8 heteroatoms. The minimum absolute atomic E-state index is 0.113. The van der Waals surface area contributed by atoms with Crippen LogP contribution >= 0.6 is 22.6 Å². The van der Waals surface area contributed by atoms with Crippen LogP contribution in [0.1, 0.15) is 6.92 Å². The molecule has 0 aliphatic heterocycles. The second-order valence-electron chi connectivity index (χ2n) is 3.90. The third-order valence-electron chi connectivity index (χ3n) is 2.10. The smallest absolute Gasteiger partial charge is 0.278 e. The predicted octanol–water partition coefficient (Wildman–Crippen LogP) is 2.58. The van der Waals surface area contributed by atoms with Crippen molar-refractivity contribution in [1.29, 1.82) is 0 Å². The second-order valence-corrected chi connectivity index (χ2v) is 6.59. The van der Waals surface area contributed by atoms with Crippen molar-refractivity contribution in [2.24, 2.45) is 0 Å². The molecule has 0 amide bonds. The van der Waals surface area contributed by atoms with Crippen molar-refractivity contribution < 1.29 is 26.5 Å². The zero-order valence-electron chi connectivity index (χ0n) is 9.31. The van der Waals surface area contributed by atoms with Crippen molar-refractivity contribution in [2.75, 3.05) is 5.75 Å². The van der Waals surface area contributed by atoms with Crippen molar-refractivity contribution >= 4 is 32.7 Å². The Labute approximate surface area is 117 Å². The van der Waals surface area contributed by atoms with Gasteiger partial charge in [-0.15, -0.1) is 0 Å². The fraction of sp³-hybridized carbons (Fsp3) is 0.400. The van der Waals surface area contributed by atoms with Crippen molar-refractivity contribution in [1.82, 2.24) is 0 Å². The Balaban J connectivity index is 2.96. The Morgan fingerprint density at radius 1 is 1.39 bits per heavy atom. The van der Waals surface area contributed by atoms with E-state index >= 15 is 0 Å². The van der Waals surface area contributed by atoms with Gasteiger partial charge in [-0.2, -0.15) is 8.42 Å². The SMILES string of the molecule is CC(CS(=O)(=O)O)(Oc1ccc(I)cc1)C(F)F. The number of halogens is 3. The van der Waals surface area contributed by atoms with Crippen LogP contribution in [0, 0.1) is 3.57 Å². The number of ether oxygens (including phenoxy) is 1. The summed E-state index contributed by atoms with van der Waals surface area (Å²) in [7, 11) is -4.56. The minimum Gasteiger partial charge on any atom is -0.480 e. The molecule has 1 atom stereocenters. The Bertz CT molecular complexity index is 503. The Morgan fingerprint density at radius 3 is 2.28 bits per heavy atom. The first-order chi connectivity index (χ1) is 8.12. The fourth-order valence-electron chi connectivity index (χ4n) is 1.27. The summed E-state index contributed by atoms with van der Waals surface area (Å²) in [5.41, 5.74) is -2.29. The van der Waals surface area contributed by atoms with E-state index in [0.717, 1.165) is 10.5 Å². The van der Waals surface area contributed by atoms with Crippen molar-refractivity contribution in [2.45, 2.75) is 19.0 Å². The summed E-state index contributed by atoms with van der Waals surface area (Å²) in [4.78, 5) is 0. The number of rotatable bonds is 5. The van der Waals surface area contributed by atoms with Crippen LogP contribution in [0.2, 0.25) is 0 Å². The highest BCUT2D eigenvalue weighted by Crippen LogP contribution is 2.26. The van der Waals surface area contributed by atoms with Crippen LogP contribution in [0.25, 0.3) is 0 Å². The largest absolute Gasteiger partial charge is 0.480 e. The van der Waals surface area contributed by atoms with E-state index in [1.807, 2.05) is 22.6 Å². The molecule has 18 heavy (non-hydrogen) atoms. The first-order valence-electron chi connectivity index (χ1n) is 4.80. The number of alkyl halides is 2. The third kappa shape index (κ3) is 4.65. The summed E-state index contributed by atoms with van der Waals surface area (Å²) in [6.07, 6.45) is -3.06. The predicted molar refractivity (Wildman–Crippen MR) is 70.6 cm³/mol. The molecule has 1 N–H and O–H groups in total. The molecule has 102 valence electrons. The van der Waals surface area contributed by atoms with E-state index < -0.39 is 27.9 Å². The Morgan fingerprint density at radius 2 is 1.89 bits per heavy atom. The molecule has 0 fully saturated rings. The maximum atomic E-state index is 12.9. The van der Waals surface area contributed by atoms with Crippen LogP contribution < -0.4 is 4.74 Å². The van der Waals surface area contributed by atoms with E-state index in [1.54, 1.807) is 12.1 Å². The van der Waals surface area contributed by atoms with Crippen LogP contribution in [-0.4, -0.2) is 30.7 Å². The average Bonchev–Trinajstić information content (AvgIpc) is 2.18. The lowest BCUT2D eigenvalue weighted by molar-refractivity contribution is -0.0494. The van der Waals surface area contributed by atoms with Gasteiger partial charge in [0.2, 0.25) is 0 Å². The molecule has 1 rings (SSSR count). The molecule has 0 aliphatic carbocycles. The topological polar surface area (TPSA) is 63.6 Å². The van der Waals surface area contributed by atoms with E-state index in [9.17, 15) is 17.2 Å². The highest BCUT2D eigenvalue weighted by Gasteiger charge is 2.41. The second kappa shape index (κ2) is 5.66. The van der Waals surface area contributed by atoms with Crippen LogP contribution in [0.4, 0.5) is 8.78 Å². The maximum Gasteiger partial charge on any atom is 0.278 e. The van der Waals surface area contributed by atoms with Crippen LogP contribution in [-0.2, 0) is 10.1 Å². The summed E-state index contributed by atoms with van der Waals surface area (Å²) in [6, 6.07) is 6.17. The summed E-state index contributed by atoms with van der Waals surface area (Å²) in [5, 5.41) is 0. The first-order valence-corrected chi connectivity index (χ1v) is 7.49. The van der Waals surface area contributed by atoms with Gasteiger partial charge in [-0.1, -0.05) is 0 Å². The summed E-state index contributed by atoms with van der Waals surface area (Å²) in [5.74, 6) is -1.06. The van der Waals surface area contributed by atoms with Gasteiger partial charge in [-0.05, 0) is 53.8 Å². The van der Waals surface area contributed by atoms with Crippen LogP contribution in [0.15, 0.2) is 24.3 Å². The molecular weight excluding hydrogens is 381 g/mol. The molecule has 0 heterocycles. The van der Waals surface area contributed by atoms with Crippen molar-refractivity contribution in [3.8, 4) is 5.75 Å². The van der Waals surface area contributed by atoms with Gasteiger partial charge in [0, 0.05) is 3.57 Å². The van der Waals surface area contributed by atoms with Gasteiger partial charge in [0.1, 0.15) is 11.5 Å². The van der Waals surface area contributed by atoms with E-state index in [4.69, 9.17) is 9.29 Å². The third-order valence-corrected chi connectivity index (χ3v) is 3.75. The summed E-state index contributed by atoms with van der Waals surface area (Å²) >= 11 is 2.03. The van der Waals surface area contributed by atoms with E-state index in [2.05, 4.69) is 0 Å². The molecule has 1 aromatic rings. The standard InChI is InChI=1S/C10H11F2IO4S/c1-10(9(11)12,6-18(14,15)16)17-8-4-2-7(13)3-5-8/h2-5,9H,6H2,1H3,(H,14,15,16). The molecule has 1 aromatic carbocycles. The maximum absolute atomic E-state index is 12.9. The van der Waals surface area contributed by atoms with Crippen molar-refractivity contribution in [3.05, 3.63) is 27.8 Å². The number of benzene rings is 1. The van der Waals surface area contributed by atoms with Gasteiger partial charge in [0.05, 0.1) is 0 Å². The van der Waals surface area contributed by atoms with E-state index in [1.165, 1.54) is 12.1 Å². The molecule has 0 spiro atoms. The van der Waals surface area contributed by atoms with Gasteiger partial charge in [0.25, 0.3) is 16.5 Å². The molecule has 4 nitrogen and oxygen atoms in total. The molecule has 0 aliphatic rings. The minimum atomic E-state index is -4.56. The summed E-state index contributed by atoms with van der Waals surface area (Å²) in [6.45, 7) is 0.934. The van der Waals surface area contributed by atoms with Gasteiger partial charge < -0.3 is 4.74 Å². The lowest BCUT2D eigenvalue weighted by Crippen LogP contribution is -2.46. The first kappa shape index (κ1) is 15.6.